The number of ether oxygens (including phenoxy) is 2. The summed E-state index contributed by atoms with van der Waals surface area (Å²) in [6.07, 6.45) is 1.54. The first-order valence-electron chi connectivity index (χ1n) is 7.98. The van der Waals surface area contributed by atoms with Crippen LogP contribution in [0.3, 0.4) is 0 Å². The fourth-order valence-electron chi connectivity index (χ4n) is 2.64. The van der Waals surface area contributed by atoms with Gasteiger partial charge in [0.15, 0.2) is 5.65 Å². The van der Waals surface area contributed by atoms with Crippen LogP contribution < -0.4 is 20.3 Å². The highest BCUT2D eigenvalue weighted by atomic mass is 35.5. The molecule has 0 bridgehead atoms. The number of hydrogen-bond donors (Lipinski definition) is 1. The molecule has 0 aliphatic heterocycles. The number of aromatic nitrogens is 3. The molecule has 3 rings (SSSR count). The third kappa shape index (κ3) is 3.70. The number of anilines is 1. The second kappa shape index (κ2) is 7.63. The molecule has 0 saturated carbocycles. The predicted octanol–water partition coefficient (Wildman–Crippen LogP) is 2.41. The molecular formula is C18H17ClN4O4. The average molecular weight is 389 g/mol. The number of methoxy groups -OCH3 is 2. The second-order valence-electron chi connectivity index (χ2n) is 5.67. The van der Waals surface area contributed by atoms with Gasteiger partial charge in [0, 0.05) is 12.3 Å². The Morgan fingerprint density at radius 2 is 2.00 bits per heavy atom. The van der Waals surface area contributed by atoms with Crippen LogP contribution in [0.4, 0.5) is 5.69 Å². The Kier molecular flexibility index (Phi) is 5.27. The summed E-state index contributed by atoms with van der Waals surface area (Å²) in [6, 6.07) is 6.54. The molecule has 9 heteroatoms. The van der Waals surface area contributed by atoms with E-state index in [1.165, 1.54) is 24.9 Å². The highest BCUT2D eigenvalue weighted by Crippen LogP contribution is 2.35. The highest BCUT2D eigenvalue weighted by Gasteiger charge is 2.16. The van der Waals surface area contributed by atoms with Crippen LogP contribution in [0.5, 0.6) is 11.5 Å². The fourth-order valence-corrected chi connectivity index (χ4v) is 2.88. The fraction of sp³-hybridized carbons (Fsp3) is 0.222. The minimum Gasteiger partial charge on any atom is -0.495 e. The lowest BCUT2D eigenvalue weighted by atomic mass is 10.2. The lowest BCUT2D eigenvalue weighted by molar-refractivity contribution is -0.116. The van der Waals surface area contributed by atoms with E-state index in [2.05, 4.69) is 15.3 Å². The van der Waals surface area contributed by atoms with Crippen molar-refractivity contribution < 1.29 is 14.3 Å². The number of aryl methyl sites for hydroxylation is 1. The number of rotatable bonds is 5. The Morgan fingerprint density at radius 3 is 2.70 bits per heavy atom. The van der Waals surface area contributed by atoms with E-state index in [4.69, 9.17) is 21.1 Å². The normalized spacial score (nSPS) is 10.7. The van der Waals surface area contributed by atoms with Crippen molar-refractivity contribution >= 4 is 34.4 Å². The maximum Gasteiger partial charge on any atom is 0.274 e. The van der Waals surface area contributed by atoms with Gasteiger partial charge in [-0.3, -0.25) is 14.2 Å². The SMILES string of the molecule is COc1cc(OC)c(NC(=O)Cn2c(=O)c(C)nc3cccnc32)cc1Cl. The Labute approximate surface area is 159 Å². The molecule has 2 aromatic heterocycles. The Bertz CT molecular complexity index is 1080. The van der Waals surface area contributed by atoms with Gasteiger partial charge in [0.1, 0.15) is 29.3 Å². The molecule has 0 aliphatic rings. The molecule has 2 heterocycles. The maximum atomic E-state index is 12.6. The molecule has 1 N–H and O–H groups in total. The van der Waals surface area contributed by atoms with Crippen LogP contribution in [0, 0.1) is 6.92 Å². The van der Waals surface area contributed by atoms with Crippen molar-refractivity contribution in [1.29, 1.82) is 0 Å². The van der Waals surface area contributed by atoms with Crippen LogP contribution in [0.25, 0.3) is 11.2 Å². The molecule has 140 valence electrons. The highest BCUT2D eigenvalue weighted by molar-refractivity contribution is 6.32. The number of amides is 1. The number of nitrogens with one attached hydrogen (secondary N) is 1. The largest absolute Gasteiger partial charge is 0.495 e. The van der Waals surface area contributed by atoms with Crippen molar-refractivity contribution in [1.82, 2.24) is 14.5 Å². The zero-order valence-electron chi connectivity index (χ0n) is 14.9. The summed E-state index contributed by atoms with van der Waals surface area (Å²) in [6.45, 7) is 1.36. The quantitative estimate of drug-likeness (QED) is 0.721. The molecule has 0 radical (unpaired) electrons. The van der Waals surface area contributed by atoms with Gasteiger partial charge in [0.2, 0.25) is 5.91 Å². The van der Waals surface area contributed by atoms with Crippen molar-refractivity contribution in [2.24, 2.45) is 0 Å². The topological polar surface area (TPSA) is 95.3 Å². The van der Waals surface area contributed by atoms with Gasteiger partial charge >= 0.3 is 0 Å². The van der Waals surface area contributed by atoms with E-state index in [0.29, 0.717) is 33.4 Å². The summed E-state index contributed by atoms with van der Waals surface area (Å²) >= 11 is 6.12. The van der Waals surface area contributed by atoms with Crippen LogP contribution in [0.1, 0.15) is 5.69 Å². The number of benzene rings is 1. The molecule has 0 saturated heterocycles. The molecule has 0 aliphatic carbocycles. The number of carbonyl (C=O) groups is 1. The first kappa shape index (κ1) is 18.7. The van der Waals surface area contributed by atoms with Gasteiger partial charge in [-0.2, -0.15) is 0 Å². The third-order valence-corrected chi connectivity index (χ3v) is 4.21. The number of halogens is 1. The summed E-state index contributed by atoms with van der Waals surface area (Å²) < 4.78 is 11.7. The Balaban J connectivity index is 1.94. The number of pyridine rings is 1. The van der Waals surface area contributed by atoms with Gasteiger partial charge in [0.05, 0.1) is 24.9 Å². The molecule has 27 heavy (non-hydrogen) atoms. The van der Waals surface area contributed by atoms with Crippen molar-refractivity contribution in [3.05, 3.63) is 51.5 Å². The van der Waals surface area contributed by atoms with Gasteiger partial charge < -0.3 is 14.8 Å². The summed E-state index contributed by atoms with van der Waals surface area (Å²) in [5.41, 5.74) is 1.14. The predicted molar refractivity (Wildman–Crippen MR) is 102 cm³/mol. The molecule has 1 amide bonds. The third-order valence-electron chi connectivity index (χ3n) is 3.91. The van der Waals surface area contributed by atoms with Crippen LogP contribution in [0.15, 0.2) is 35.3 Å². The molecule has 0 atom stereocenters. The van der Waals surface area contributed by atoms with E-state index in [1.54, 1.807) is 31.3 Å². The monoisotopic (exact) mass is 388 g/mol. The summed E-state index contributed by atoms with van der Waals surface area (Å²) in [5.74, 6) is 0.364. The van der Waals surface area contributed by atoms with Crippen LogP contribution >= 0.6 is 11.6 Å². The minimum absolute atomic E-state index is 0.234. The van der Waals surface area contributed by atoms with Crippen LogP contribution in [-0.4, -0.2) is 34.7 Å². The lowest BCUT2D eigenvalue weighted by Crippen LogP contribution is -2.30. The van der Waals surface area contributed by atoms with E-state index in [-0.39, 0.29) is 17.8 Å². The minimum atomic E-state index is -0.436. The first-order chi connectivity index (χ1) is 12.9. The number of carbonyl (C=O) groups excluding carboxylic acids is 1. The zero-order chi connectivity index (χ0) is 19.6. The van der Waals surface area contributed by atoms with Crippen LogP contribution in [-0.2, 0) is 11.3 Å². The average Bonchev–Trinajstić information content (AvgIpc) is 2.65. The maximum absolute atomic E-state index is 12.6. The Morgan fingerprint density at radius 1 is 1.26 bits per heavy atom. The van der Waals surface area contributed by atoms with Crippen molar-refractivity contribution in [3.8, 4) is 11.5 Å². The van der Waals surface area contributed by atoms with E-state index in [9.17, 15) is 9.59 Å². The standard InChI is InChI=1S/C18H17ClN4O4/c1-10-18(25)23(17-12(21-10)5-4-6-20-17)9-16(24)22-13-7-11(19)14(26-2)8-15(13)27-3/h4-8H,9H2,1-3H3,(H,22,24). The van der Waals surface area contributed by atoms with Crippen molar-refractivity contribution in [2.75, 3.05) is 19.5 Å². The molecule has 0 fully saturated rings. The Hall–Kier alpha value is -3.13. The van der Waals surface area contributed by atoms with Gasteiger partial charge in [-0.15, -0.1) is 0 Å². The van der Waals surface area contributed by atoms with E-state index in [1.807, 2.05) is 0 Å². The van der Waals surface area contributed by atoms with E-state index in [0.717, 1.165) is 0 Å². The van der Waals surface area contributed by atoms with Gasteiger partial charge in [-0.05, 0) is 25.1 Å². The summed E-state index contributed by atoms with van der Waals surface area (Å²) in [5, 5.41) is 3.02. The van der Waals surface area contributed by atoms with Gasteiger partial charge in [0.25, 0.3) is 5.56 Å². The van der Waals surface area contributed by atoms with E-state index < -0.39 is 5.91 Å². The molecule has 8 nitrogen and oxygen atoms in total. The number of hydrogen-bond acceptors (Lipinski definition) is 6. The molecule has 1 aromatic carbocycles. The molecule has 0 unspecified atom stereocenters. The summed E-state index contributed by atoms with van der Waals surface area (Å²) in [7, 11) is 2.95. The zero-order valence-corrected chi connectivity index (χ0v) is 15.7. The molecule has 0 spiro atoms. The molecule has 3 aromatic rings. The lowest BCUT2D eigenvalue weighted by Gasteiger charge is -2.14. The van der Waals surface area contributed by atoms with Gasteiger partial charge in [-0.1, -0.05) is 11.6 Å². The van der Waals surface area contributed by atoms with Crippen molar-refractivity contribution in [3.63, 3.8) is 0 Å². The number of nitrogens with zero attached hydrogens (tertiary/aromatic N) is 3. The van der Waals surface area contributed by atoms with E-state index >= 15 is 0 Å². The van der Waals surface area contributed by atoms with Gasteiger partial charge in [-0.25, -0.2) is 9.97 Å². The number of fused-ring (bicyclic) bond motifs is 1. The smallest absolute Gasteiger partial charge is 0.274 e. The van der Waals surface area contributed by atoms with Crippen molar-refractivity contribution in [2.45, 2.75) is 13.5 Å². The summed E-state index contributed by atoms with van der Waals surface area (Å²) in [4.78, 5) is 33.4. The van der Waals surface area contributed by atoms with Crippen LogP contribution in [0.2, 0.25) is 5.02 Å². The second-order valence-corrected chi connectivity index (χ2v) is 6.08. The molecular weight excluding hydrogens is 372 g/mol. The first-order valence-corrected chi connectivity index (χ1v) is 8.36.